The molecule has 0 atom stereocenters. The molecule has 0 radical (unpaired) electrons. The van der Waals surface area contributed by atoms with Gasteiger partial charge in [0.15, 0.2) is 0 Å². The number of hydrogen-bond donors (Lipinski definition) is 2. The summed E-state index contributed by atoms with van der Waals surface area (Å²) in [6, 6.07) is 7.42. The van der Waals surface area contributed by atoms with Crippen molar-refractivity contribution in [2.24, 2.45) is 0 Å². The van der Waals surface area contributed by atoms with Gasteiger partial charge in [-0.2, -0.15) is 0 Å². The van der Waals surface area contributed by atoms with Gasteiger partial charge >= 0.3 is 7.12 Å². The molecule has 0 heterocycles. The van der Waals surface area contributed by atoms with E-state index in [4.69, 9.17) is 9.47 Å². The van der Waals surface area contributed by atoms with Crippen LogP contribution in [-0.2, 0) is 0 Å². The summed E-state index contributed by atoms with van der Waals surface area (Å²) in [5, 5.41) is 20.5. The molecule has 0 aliphatic rings. The number of rotatable bonds is 3. The molecular formula is C13H15BO4. The molecule has 0 aromatic heterocycles. The predicted octanol–water partition coefficient (Wildman–Crippen LogP) is 0.845. The number of ether oxygens (including phenoxy) is 2. The Kier molecular flexibility index (Phi) is 3.45. The first kappa shape index (κ1) is 12.7. The van der Waals surface area contributed by atoms with Gasteiger partial charge in [0, 0.05) is 16.2 Å². The first-order valence-corrected chi connectivity index (χ1v) is 5.60. The lowest BCUT2D eigenvalue weighted by Crippen LogP contribution is -2.31. The molecule has 2 aromatic carbocycles. The molecule has 0 amide bonds. The van der Waals surface area contributed by atoms with Crippen molar-refractivity contribution in [2.45, 2.75) is 6.92 Å². The Bertz CT molecular complexity index is 581. The highest BCUT2D eigenvalue weighted by Crippen LogP contribution is 2.32. The third kappa shape index (κ3) is 2.02. The number of fused-ring (bicyclic) bond motifs is 1. The lowest BCUT2D eigenvalue weighted by molar-refractivity contribution is 0.401. The Morgan fingerprint density at radius 1 is 1.00 bits per heavy atom. The molecule has 0 spiro atoms. The maximum atomic E-state index is 9.40. The smallest absolute Gasteiger partial charge is 0.492 e. The maximum Gasteiger partial charge on any atom is 0.492 e. The van der Waals surface area contributed by atoms with E-state index in [2.05, 4.69) is 0 Å². The summed E-state index contributed by atoms with van der Waals surface area (Å²) in [6.07, 6.45) is 0. The van der Waals surface area contributed by atoms with E-state index in [1.54, 1.807) is 13.2 Å². The van der Waals surface area contributed by atoms with E-state index in [-0.39, 0.29) is 0 Å². The van der Waals surface area contributed by atoms with Crippen LogP contribution in [-0.4, -0.2) is 31.4 Å². The summed E-state index contributed by atoms with van der Waals surface area (Å²) in [5.41, 5.74) is 1.36. The first-order chi connectivity index (χ1) is 8.58. The van der Waals surface area contributed by atoms with Gasteiger partial charge in [0.05, 0.1) is 14.2 Å². The van der Waals surface area contributed by atoms with Crippen molar-refractivity contribution in [1.29, 1.82) is 0 Å². The van der Waals surface area contributed by atoms with Gasteiger partial charge in [0.2, 0.25) is 0 Å². The van der Waals surface area contributed by atoms with Crippen LogP contribution in [0.2, 0.25) is 0 Å². The first-order valence-electron chi connectivity index (χ1n) is 5.60. The second-order valence-electron chi connectivity index (χ2n) is 4.12. The Hall–Kier alpha value is -1.72. The van der Waals surface area contributed by atoms with Crippen LogP contribution >= 0.6 is 0 Å². The van der Waals surface area contributed by atoms with Crippen molar-refractivity contribution in [2.75, 3.05) is 14.2 Å². The van der Waals surface area contributed by atoms with Crippen molar-refractivity contribution < 1.29 is 19.5 Å². The lowest BCUT2D eigenvalue weighted by Gasteiger charge is -2.15. The molecule has 0 saturated carbocycles. The zero-order valence-electron chi connectivity index (χ0n) is 10.6. The Morgan fingerprint density at radius 3 is 2.28 bits per heavy atom. The van der Waals surface area contributed by atoms with Gasteiger partial charge in [-0.25, -0.2) is 0 Å². The average molecular weight is 246 g/mol. The zero-order chi connectivity index (χ0) is 13.3. The van der Waals surface area contributed by atoms with Crippen LogP contribution in [0.3, 0.4) is 0 Å². The topological polar surface area (TPSA) is 58.9 Å². The van der Waals surface area contributed by atoms with Gasteiger partial charge in [-0.15, -0.1) is 0 Å². The summed E-state index contributed by atoms with van der Waals surface area (Å²) in [6.45, 7) is 1.97. The predicted molar refractivity (Wildman–Crippen MR) is 71.6 cm³/mol. The molecule has 2 N–H and O–H groups in total. The largest absolute Gasteiger partial charge is 0.496 e. The van der Waals surface area contributed by atoms with E-state index in [1.165, 1.54) is 7.11 Å². The number of aryl methyl sites for hydroxylation is 1. The van der Waals surface area contributed by atoms with Crippen LogP contribution in [0, 0.1) is 6.92 Å². The van der Waals surface area contributed by atoms with Crippen molar-refractivity contribution in [1.82, 2.24) is 0 Å². The van der Waals surface area contributed by atoms with Gasteiger partial charge < -0.3 is 19.5 Å². The van der Waals surface area contributed by atoms with E-state index in [9.17, 15) is 10.0 Å². The number of methoxy groups -OCH3 is 2. The molecule has 0 saturated heterocycles. The monoisotopic (exact) mass is 246 g/mol. The molecule has 4 nitrogen and oxygen atoms in total. The molecule has 18 heavy (non-hydrogen) atoms. The Balaban J connectivity index is 2.87. The van der Waals surface area contributed by atoms with Crippen LogP contribution in [0.15, 0.2) is 24.3 Å². The highest BCUT2D eigenvalue weighted by atomic mass is 16.5. The highest BCUT2D eigenvalue weighted by molar-refractivity contribution is 6.60. The second-order valence-corrected chi connectivity index (χ2v) is 4.12. The van der Waals surface area contributed by atoms with Gasteiger partial charge in [-0.3, -0.25) is 0 Å². The third-order valence-electron chi connectivity index (χ3n) is 2.94. The van der Waals surface area contributed by atoms with Crippen molar-refractivity contribution >= 4 is 23.4 Å². The summed E-state index contributed by atoms with van der Waals surface area (Å²) < 4.78 is 10.6. The van der Waals surface area contributed by atoms with Crippen LogP contribution in [0.4, 0.5) is 0 Å². The standard InChI is InChI=1S/C13H15BO4/c1-8-4-5-9-10(6-8)13(18-3)11(14(15)16)7-12(9)17-2/h4-7,15-16H,1-3H3. The summed E-state index contributed by atoms with van der Waals surface area (Å²) in [4.78, 5) is 0. The summed E-state index contributed by atoms with van der Waals surface area (Å²) >= 11 is 0. The molecule has 0 fully saturated rings. The number of hydrogen-bond acceptors (Lipinski definition) is 4. The van der Waals surface area contributed by atoms with Crippen molar-refractivity contribution in [3.8, 4) is 11.5 Å². The molecule has 2 aromatic rings. The fraction of sp³-hybridized carbons (Fsp3) is 0.231. The molecule has 5 heteroatoms. The van der Waals surface area contributed by atoms with Crippen molar-refractivity contribution in [3.05, 3.63) is 29.8 Å². The SMILES string of the molecule is COc1cc(B(O)O)c(OC)c2cc(C)ccc12. The second kappa shape index (κ2) is 4.88. The summed E-state index contributed by atoms with van der Waals surface area (Å²) in [5.74, 6) is 1.05. The summed E-state index contributed by atoms with van der Waals surface area (Å²) in [7, 11) is 1.46. The van der Waals surface area contributed by atoms with E-state index in [1.807, 2.05) is 25.1 Å². The van der Waals surface area contributed by atoms with Crippen molar-refractivity contribution in [3.63, 3.8) is 0 Å². The maximum absolute atomic E-state index is 9.40. The Labute approximate surface area is 106 Å². The lowest BCUT2D eigenvalue weighted by atomic mass is 9.78. The van der Waals surface area contributed by atoms with Gasteiger partial charge in [-0.1, -0.05) is 17.7 Å². The molecule has 2 rings (SSSR count). The molecule has 0 bridgehead atoms. The third-order valence-corrected chi connectivity index (χ3v) is 2.94. The highest BCUT2D eigenvalue weighted by Gasteiger charge is 2.21. The Morgan fingerprint density at radius 2 is 1.72 bits per heavy atom. The molecule has 0 aliphatic heterocycles. The van der Waals surface area contributed by atoms with E-state index >= 15 is 0 Å². The van der Waals surface area contributed by atoms with Crippen LogP contribution in [0.5, 0.6) is 11.5 Å². The average Bonchev–Trinajstić information content (AvgIpc) is 2.36. The number of benzene rings is 2. The van der Waals surface area contributed by atoms with Crippen LogP contribution in [0.25, 0.3) is 10.8 Å². The molecular weight excluding hydrogens is 231 g/mol. The van der Waals surface area contributed by atoms with Crippen LogP contribution < -0.4 is 14.9 Å². The minimum atomic E-state index is -1.60. The van der Waals surface area contributed by atoms with Gasteiger partial charge in [0.25, 0.3) is 0 Å². The molecule has 0 aliphatic carbocycles. The fourth-order valence-corrected chi connectivity index (χ4v) is 2.09. The molecule has 0 unspecified atom stereocenters. The quantitative estimate of drug-likeness (QED) is 0.788. The van der Waals surface area contributed by atoms with Gasteiger partial charge in [-0.05, 0) is 19.1 Å². The minimum Gasteiger partial charge on any atom is -0.496 e. The molecule has 94 valence electrons. The van der Waals surface area contributed by atoms with E-state index in [0.29, 0.717) is 17.0 Å². The van der Waals surface area contributed by atoms with Crippen LogP contribution in [0.1, 0.15) is 5.56 Å². The van der Waals surface area contributed by atoms with Gasteiger partial charge in [0.1, 0.15) is 11.5 Å². The van der Waals surface area contributed by atoms with E-state index < -0.39 is 7.12 Å². The zero-order valence-corrected chi connectivity index (χ0v) is 10.6. The van der Waals surface area contributed by atoms with E-state index in [0.717, 1.165) is 16.3 Å². The minimum absolute atomic E-state index is 0.299. The fourth-order valence-electron chi connectivity index (χ4n) is 2.09. The normalized spacial score (nSPS) is 10.5.